The number of rotatable bonds is 8. The maximum Gasteiger partial charge on any atom is 0.344 e. The first-order chi connectivity index (χ1) is 12.3. The number of nitrogens with one attached hydrogen (secondary N) is 1. The molecule has 0 aliphatic heterocycles. The summed E-state index contributed by atoms with van der Waals surface area (Å²) in [5.41, 5.74) is 0.606. The Morgan fingerprint density at radius 1 is 1.12 bits per heavy atom. The minimum Gasteiger partial charge on any atom is -0.482 e. The van der Waals surface area contributed by atoms with E-state index in [-0.39, 0.29) is 24.7 Å². The molecular formula is C17H17Cl2NO5S. The van der Waals surface area contributed by atoms with Gasteiger partial charge in [-0.1, -0.05) is 29.3 Å². The first-order valence-electron chi connectivity index (χ1n) is 7.64. The molecule has 0 saturated carbocycles. The standard InChI is InChI=1S/C17H17Cl2NO5S/c1-2-24-17(21)11-25-14-5-7-15(8-6-14)26(22,23)20-10-12-3-4-13(18)9-16(12)19/h3-9,20H,2,10-11H2,1H3. The van der Waals surface area contributed by atoms with Crippen molar-refractivity contribution in [3.8, 4) is 5.75 Å². The molecule has 0 fully saturated rings. The number of carbonyl (C=O) groups excluding carboxylic acids is 1. The maximum atomic E-state index is 12.4. The smallest absolute Gasteiger partial charge is 0.344 e. The molecule has 0 amide bonds. The highest BCUT2D eigenvalue weighted by Crippen LogP contribution is 2.22. The lowest BCUT2D eigenvalue weighted by atomic mass is 10.2. The molecule has 9 heteroatoms. The third-order valence-corrected chi connectivity index (χ3v) is 5.27. The lowest BCUT2D eigenvalue weighted by molar-refractivity contribution is -0.145. The van der Waals surface area contributed by atoms with Crippen LogP contribution in [0.3, 0.4) is 0 Å². The molecule has 0 heterocycles. The third-order valence-electron chi connectivity index (χ3n) is 3.26. The van der Waals surface area contributed by atoms with E-state index in [0.29, 0.717) is 21.4 Å². The summed E-state index contributed by atoms with van der Waals surface area (Å²) in [7, 11) is -3.73. The molecule has 140 valence electrons. The SMILES string of the molecule is CCOC(=O)COc1ccc(S(=O)(=O)NCc2ccc(Cl)cc2Cl)cc1. The van der Waals surface area contributed by atoms with E-state index in [1.807, 2.05) is 0 Å². The van der Waals surface area contributed by atoms with Gasteiger partial charge in [-0.3, -0.25) is 0 Å². The van der Waals surface area contributed by atoms with Crippen molar-refractivity contribution in [2.45, 2.75) is 18.4 Å². The van der Waals surface area contributed by atoms with E-state index in [1.54, 1.807) is 25.1 Å². The zero-order valence-corrected chi connectivity index (χ0v) is 16.2. The lowest BCUT2D eigenvalue weighted by Gasteiger charge is -2.10. The third kappa shape index (κ3) is 5.88. The Hall–Kier alpha value is -1.80. The minimum absolute atomic E-state index is 0.0272. The van der Waals surface area contributed by atoms with Gasteiger partial charge in [0.15, 0.2) is 6.61 Å². The Bertz CT molecular complexity index is 869. The highest BCUT2D eigenvalue weighted by Gasteiger charge is 2.15. The molecule has 0 radical (unpaired) electrons. The number of esters is 1. The van der Waals surface area contributed by atoms with Crippen molar-refractivity contribution < 1.29 is 22.7 Å². The molecule has 6 nitrogen and oxygen atoms in total. The predicted molar refractivity (Wildman–Crippen MR) is 99.1 cm³/mol. The van der Waals surface area contributed by atoms with Crippen LogP contribution in [0, 0.1) is 0 Å². The number of hydrogen-bond donors (Lipinski definition) is 1. The van der Waals surface area contributed by atoms with Gasteiger partial charge in [0.2, 0.25) is 10.0 Å². The summed E-state index contributed by atoms with van der Waals surface area (Å²) >= 11 is 11.9. The minimum atomic E-state index is -3.73. The lowest BCUT2D eigenvalue weighted by Crippen LogP contribution is -2.23. The van der Waals surface area contributed by atoms with Crippen molar-refractivity contribution >= 4 is 39.2 Å². The monoisotopic (exact) mass is 417 g/mol. The topological polar surface area (TPSA) is 81.7 Å². The Morgan fingerprint density at radius 3 is 2.42 bits per heavy atom. The molecule has 0 atom stereocenters. The van der Waals surface area contributed by atoms with Crippen LogP contribution in [-0.2, 0) is 26.1 Å². The van der Waals surface area contributed by atoms with Crippen LogP contribution in [0.1, 0.15) is 12.5 Å². The van der Waals surface area contributed by atoms with Crippen molar-refractivity contribution in [2.75, 3.05) is 13.2 Å². The Morgan fingerprint density at radius 2 is 1.81 bits per heavy atom. The van der Waals surface area contributed by atoms with Crippen LogP contribution < -0.4 is 9.46 Å². The molecule has 26 heavy (non-hydrogen) atoms. The number of benzene rings is 2. The van der Waals surface area contributed by atoms with E-state index in [9.17, 15) is 13.2 Å². The van der Waals surface area contributed by atoms with Crippen LogP contribution in [0.5, 0.6) is 5.75 Å². The summed E-state index contributed by atoms with van der Waals surface area (Å²) in [6.45, 7) is 1.75. The van der Waals surface area contributed by atoms with Gasteiger partial charge in [-0.2, -0.15) is 0 Å². The molecule has 0 bridgehead atoms. The molecule has 0 saturated heterocycles. The first-order valence-corrected chi connectivity index (χ1v) is 9.88. The molecule has 2 aromatic rings. The van der Waals surface area contributed by atoms with Gasteiger partial charge in [-0.15, -0.1) is 0 Å². The maximum absolute atomic E-state index is 12.4. The van der Waals surface area contributed by atoms with Gasteiger partial charge in [0.1, 0.15) is 5.75 Å². The van der Waals surface area contributed by atoms with Gasteiger partial charge in [0, 0.05) is 16.6 Å². The fourth-order valence-electron chi connectivity index (χ4n) is 1.98. The van der Waals surface area contributed by atoms with Crippen LogP contribution in [-0.4, -0.2) is 27.6 Å². The summed E-state index contributed by atoms with van der Waals surface area (Å²) in [5, 5.41) is 0.850. The molecule has 0 aliphatic carbocycles. The van der Waals surface area contributed by atoms with E-state index < -0.39 is 16.0 Å². The van der Waals surface area contributed by atoms with Crippen molar-refractivity contribution in [3.05, 3.63) is 58.1 Å². The van der Waals surface area contributed by atoms with Gasteiger partial charge >= 0.3 is 5.97 Å². The van der Waals surface area contributed by atoms with Crippen LogP contribution in [0.15, 0.2) is 47.4 Å². The van der Waals surface area contributed by atoms with E-state index >= 15 is 0 Å². The van der Waals surface area contributed by atoms with E-state index in [0.717, 1.165) is 0 Å². The van der Waals surface area contributed by atoms with Crippen molar-refractivity contribution in [1.82, 2.24) is 4.72 Å². The molecule has 0 unspecified atom stereocenters. The largest absolute Gasteiger partial charge is 0.482 e. The average molecular weight is 418 g/mol. The molecule has 0 spiro atoms. The van der Waals surface area contributed by atoms with E-state index in [2.05, 4.69) is 4.72 Å². The first kappa shape index (κ1) is 20.5. The summed E-state index contributed by atoms with van der Waals surface area (Å²) in [6, 6.07) is 10.5. The quantitative estimate of drug-likeness (QED) is 0.665. The van der Waals surface area contributed by atoms with E-state index in [1.165, 1.54) is 24.3 Å². The van der Waals surface area contributed by atoms with Crippen molar-refractivity contribution in [3.63, 3.8) is 0 Å². The van der Waals surface area contributed by atoms with Crippen molar-refractivity contribution in [2.24, 2.45) is 0 Å². The fraction of sp³-hybridized carbons (Fsp3) is 0.235. The highest BCUT2D eigenvalue weighted by molar-refractivity contribution is 7.89. The summed E-state index contributed by atoms with van der Waals surface area (Å²) in [5.74, 6) is -0.136. The van der Waals surface area contributed by atoms with Gasteiger partial charge in [-0.25, -0.2) is 17.9 Å². The van der Waals surface area contributed by atoms with Gasteiger partial charge in [0.25, 0.3) is 0 Å². The molecule has 1 N–H and O–H groups in total. The number of hydrogen-bond acceptors (Lipinski definition) is 5. The predicted octanol–water partition coefficient (Wildman–Crippen LogP) is 3.41. The van der Waals surface area contributed by atoms with Crippen LogP contribution in [0.4, 0.5) is 0 Å². The second kappa shape index (κ2) is 9.23. The second-order valence-corrected chi connectivity index (χ2v) is 7.74. The molecular weight excluding hydrogens is 401 g/mol. The Labute approximate surface area is 162 Å². The zero-order chi connectivity index (χ0) is 19.2. The Kier molecular flexibility index (Phi) is 7.28. The van der Waals surface area contributed by atoms with Crippen molar-refractivity contribution in [1.29, 1.82) is 0 Å². The number of ether oxygens (including phenoxy) is 2. The summed E-state index contributed by atoms with van der Waals surface area (Å²) < 4.78 is 37.1. The molecule has 0 aromatic heterocycles. The van der Waals surface area contributed by atoms with Gasteiger partial charge in [0.05, 0.1) is 11.5 Å². The van der Waals surface area contributed by atoms with Gasteiger partial charge < -0.3 is 9.47 Å². The summed E-state index contributed by atoms with van der Waals surface area (Å²) in [6.07, 6.45) is 0. The highest BCUT2D eigenvalue weighted by atomic mass is 35.5. The second-order valence-electron chi connectivity index (χ2n) is 5.13. The van der Waals surface area contributed by atoms with E-state index in [4.69, 9.17) is 32.7 Å². The number of sulfonamides is 1. The van der Waals surface area contributed by atoms with Gasteiger partial charge in [-0.05, 0) is 48.9 Å². The molecule has 0 aliphatic rings. The molecule has 2 aromatic carbocycles. The van der Waals surface area contributed by atoms with Crippen LogP contribution in [0.2, 0.25) is 10.0 Å². The summed E-state index contributed by atoms with van der Waals surface area (Å²) in [4.78, 5) is 11.3. The van der Waals surface area contributed by atoms with Crippen LogP contribution >= 0.6 is 23.2 Å². The molecule has 2 rings (SSSR count). The number of carbonyl (C=O) groups is 1. The van der Waals surface area contributed by atoms with Crippen LogP contribution in [0.25, 0.3) is 0 Å². The zero-order valence-electron chi connectivity index (χ0n) is 13.9. The number of halogens is 2. The average Bonchev–Trinajstić information content (AvgIpc) is 2.60. The normalized spacial score (nSPS) is 11.2. The fourth-order valence-corrected chi connectivity index (χ4v) is 3.46. The Balaban J connectivity index is 1.99.